The molecule has 24 heavy (non-hydrogen) atoms. The highest BCUT2D eigenvalue weighted by Crippen LogP contribution is 2.24. The van der Waals surface area contributed by atoms with Crippen LogP contribution >= 0.6 is 11.6 Å². The summed E-state index contributed by atoms with van der Waals surface area (Å²) < 4.78 is 0. The Morgan fingerprint density at radius 1 is 1.04 bits per heavy atom. The van der Waals surface area contributed by atoms with Crippen molar-refractivity contribution in [1.82, 2.24) is 10.2 Å². The molecule has 5 nitrogen and oxygen atoms in total. The molecule has 2 fully saturated rings. The monoisotopic (exact) mass is 349 g/mol. The average Bonchev–Trinajstić information content (AvgIpc) is 3.15. The number of nitrogens with one attached hydrogen (secondary N) is 1. The second-order valence-corrected chi connectivity index (χ2v) is 6.98. The third-order valence-electron chi connectivity index (χ3n) is 4.96. The molecule has 0 atom stereocenters. The van der Waals surface area contributed by atoms with Crippen LogP contribution in [0.1, 0.15) is 25.7 Å². The molecular formula is C18H24ClN3O2. The number of benzene rings is 1. The van der Waals surface area contributed by atoms with Crippen molar-refractivity contribution in [3.8, 4) is 0 Å². The van der Waals surface area contributed by atoms with Gasteiger partial charge in [-0.2, -0.15) is 0 Å². The quantitative estimate of drug-likeness (QED) is 0.907. The minimum atomic E-state index is 0.0112. The molecule has 1 N–H and O–H groups in total. The Balaban J connectivity index is 1.43. The summed E-state index contributed by atoms with van der Waals surface area (Å²) in [4.78, 5) is 28.4. The smallest absolute Gasteiger partial charge is 0.242 e. The van der Waals surface area contributed by atoms with Crippen molar-refractivity contribution in [2.24, 2.45) is 5.92 Å². The van der Waals surface area contributed by atoms with Gasteiger partial charge in [0.25, 0.3) is 0 Å². The van der Waals surface area contributed by atoms with Crippen LogP contribution < -0.4 is 10.2 Å². The number of hydrogen-bond acceptors (Lipinski definition) is 3. The summed E-state index contributed by atoms with van der Waals surface area (Å²) in [6, 6.07) is 7.77. The Hall–Kier alpha value is -1.75. The van der Waals surface area contributed by atoms with Gasteiger partial charge in [0.15, 0.2) is 0 Å². The average molecular weight is 350 g/mol. The molecule has 1 saturated carbocycles. The van der Waals surface area contributed by atoms with Crippen LogP contribution in [0.5, 0.6) is 0 Å². The number of rotatable bonds is 4. The number of hydrogen-bond donors (Lipinski definition) is 1. The van der Waals surface area contributed by atoms with Gasteiger partial charge < -0.3 is 15.1 Å². The molecule has 1 aromatic rings. The van der Waals surface area contributed by atoms with E-state index in [-0.39, 0.29) is 24.3 Å². The van der Waals surface area contributed by atoms with Gasteiger partial charge in [0, 0.05) is 42.8 Å². The van der Waals surface area contributed by atoms with E-state index in [1.807, 2.05) is 29.2 Å². The molecule has 0 aromatic heterocycles. The largest absolute Gasteiger partial charge is 0.368 e. The van der Waals surface area contributed by atoms with Crippen LogP contribution in [0.25, 0.3) is 0 Å². The van der Waals surface area contributed by atoms with Gasteiger partial charge in [-0.3, -0.25) is 9.59 Å². The fraction of sp³-hybridized carbons (Fsp3) is 0.556. The molecule has 1 heterocycles. The van der Waals surface area contributed by atoms with Gasteiger partial charge in [-0.1, -0.05) is 24.4 Å². The zero-order valence-electron chi connectivity index (χ0n) is 13.8. The molecule has 2 amide bonds. The zero-order chi connectivity index (χ0) is 16.9. The van der Waals surface area contributed by atoms with E-state index in [1.54, 1.807) is 0 Å². The molecule has 6 heteroatoms. The number of carbonyl (C=O) groups is 2. The Labute approximate surface area is 147 Å². The zero-order valence-corrected chi connectivity index (χ0v) is 14.6. The van der Waals surface area contributed by atoms with Crippen molar-refractivity contribution < 1.29 is 9.59 Å². The highest BCUT2D eigenvalue weighted by molar-refractivity contribution is 6.30. The fourth-order valence-electron chi connectivity index (χ4n) is 3.47. The Morgan fingerprint density at radius 2 is 1.67 bits per heavy atom. The van der Waals surface area contributed by atoms with Crippen molar-refractivity contribution in [2.75, 3.05) is 37.6 Å². The van der Waals surface area contributed by atoms with Crippen LogP contribution in [0.3, 0.4) is 0 Å². The first-order valence-corrected chi connectivity index (χ1v) is 9.07. The first-order valence-electron chi connectivity index (χ1n) is 8.69. The van der Waals surface area contributed by atoms with Crippen molar-refractivity contribution >= 4 is 29.1 Å². The number of piperazine rings is 1. The summed E-state index contributed by atoms with van der Waals surface area (Å²) in [5.74, 6) is 0.164. The van der Waals surface area contributed by atoms with Crippen molar-refractivity contribution in [2.45, 2.75) is 25.7 Å². The van der Waals surface area contributed by atoms with E-state index >= 15 is 0 Å². The van der Waals surface area contributed by atoms with Crippen LogP contribution in [0.4, 0.5) is 5.69 Å². The second kappa shape index (κ2) is 7.88. The maximum absolute atomic E-state index is 12.3. The lowest BCUT2D eigenvalue weighted by Crippen LogP contribution is -2.51. The summed E-state index contributed by atoms with van der Waals surface area (Å²) in [6.45, 7) is 3.08. The number of halogens is 1. The molecule has 1 aromatic carbocycles. The summed E-state index contributed by atoms with van der Waals surface area (Å²) in [5, 5.41) is 3.54. The first kappa shape index (κ1) is 17.1. The van der Waals surface area contributed by atoms with Gasteiger partial charge in [0.05, 0.1) is 6.54 Å². The van der Waals surface area contributed by atoms with Crippen molar-refractivity contribution in [3.63, 3.8) is 0 Å². The van der Waals surface area contributed by atoms with E-state index in [1.165, 1.54) is 0 Å². The molecule has 3 rings (SSSR count). The van der Waals surface area contributed by atoms with Crippen LogP contribution in [-0.4, -0.2) is 49.4 Å². The van der Waals surface area contributed by atoms with E-state index in [0.29, 0.717) is 13.1 Å². The van der Waals surface area contributed by atoms with Crippen LogP contribution in [0.15, 0.2) is 24.3 Å². The lowest BCUT2D eigenvalue weighted by Gasteiger charge is -2.36. The molecule has 0 unspecified atom stereocenters. The predicted molar refractivity (Wildman–Crippen MR) is 95.2 cm³/mol. The highest BCUT2D eigenvalue weighted by atomic mass is 35.5. The molecule has 1 saturated heterocycles. The van der Waals surface area contributed by atoms with E-state index in [0.717, 1.165) is 49.5 Å². The molecule has 2 aliphatic rings. The Kier molecular flexibility index (Phi) is 5.61. The SMILES string of the molecule is O=C(NCC(=O)N1CCN(c2ccc(Cl)cc2)CC1)C1CCCC1. The number of nitrogens with zero attached hydrogens (tertiary/aromatic N) is 2. The molecule has 1 aliphatic carbocycles. The standard InChI is InChI=1S/C18H24ClN3O2/c19-15-5-7-16(8-6-15)21-9-11-22(12-10-21)17(23)13-20-18(24)14-3-1-2-4-14/h5-8,14H,1-4,9-13H2,(H,20,24). The van der Waals surface area contributed by atoms with Gasteiger partial charge >= 0.3 is 0 Å². The highest BCUT2D eigenvalue weighted by Gasteiger charge is 2.25. The van der Waals surface area contributed by atoms with Gasteiger partial charge in [-0.15, -0.1) is 0 Å². The van der Waals surface area contributed by atoms with Gasteiger partial charge in [-0.25, -0.2) is 0 Å². The summed E-state index contributed by atoms with van der Waals surface area (Å²) in [6.07, 6.45) is 4.16. The number of anilines is 1. The summed E-state index contributed by atoms with van der Waals surface area (Å²) >= 11 is 5.92. The van der Waals surface area contributed by atoms with Crippen LogP contribution in [-0.2, 0) is 9.59 Å². The van der Waals surface area contributed by atoms with E-state index in [2.05, 4.69) is 10.2 Å². The normalized spacial score (nSPS) is 18.7. The van der Waals surface area contributed by atoms with Crippen LogP contribution in [0.2, 0.25) is 5.02 Å². The molecule has 0 spiro atoms. The predicted octanol–water partition coefficient (Wildman–Crippen LogP) is 2.29. The summed E-state index contributed by atoms with van der Waals surface area (Å²) in [7, 11) is 0. The van der Waals surface area contributed by atoms with Gasteiger partial charge in [0.1, 0.15) is 0 Å². The van der Waals surface area contributed by atoms with E-state index in [9.17, 15) is 9.59 Å². The molecular weight excluding hydrogens is 326 g/mol. The number of carbonyl (C=O) groups excluding carboxylic acids is 2. The second-order valence-electron chi connectivity index (χ2n) is 6.54. The molecule has 0 radical (unpaired) electrons. The maximum atomic E-state index is 12.3. The summed E-state index contributed by atoms with van der Waals surface area (Å²) in [5.41, 5.74) is 1.13. The minimum absolute atomic E-state index is 0.0112. The Morgan fingerprint density at radius 3 is 2.29 bits per heavy atom. The lowest BCUT2D eigenvalue weighted by molar-refractivity contribution is -0.134. The molecule has 130 valence electrons. The fourth-order valence-corrected chi connectivity index (χ4v) is 3.60. The van der Waals surface area contributed by atoms with Gasteiger partial charge in [-0.05, 0) is 37.1 Å². The molecule has 0 bridgehead atoms. The molecule has 1 aliphatic heterocycles. The van der Waals surface area contributed by atoms with Crippen LogP contribution in [0, 0.1) is 5.92 Å². The van der Waals surface area contributed by atoms with Crippen molar-refractivity contribution in [3.05, 3.63) is 29.3 Å². The first-order chi connectivity index (χ1) is 11.6. The minimum Gasteiger partial charge on any atom is -0.368 e. The third kappa shape index (κ3) is 4.20. The third-order valence-corrected chi connectivity index (χ3v) is 5.22. The van der Waals surface area contributed by atoms with E-state index < -0.39 is 0 Å². The maximum Gasteiger partial charge on any atom is 0.242 e. The topological polar surface area (TPSA) is 52.7 Å². The Bertz CT molecular complexity index is 576. The van der Waals surface area contributed by atoms with Crippen molar-refractivity contribution in [1.29, 1.82) is 0 Å². The lowest BCUT2D eigenvalue weighted by atomic mass is 10.1. The number of amides is 2. The van der Waals surface area contributed by atoms with E-state index in [4.69, 9.17) is 11.6 Å². The van der Waals surface area contributed by atoms with Gasteiger partial charge in [0.2, 0.25) is 11.8 Å².